The number of nitro benzene ring substituents is 1. The number of nitrogens with zero attached hydrogens (tertiary/aromatic N) is 3. The summed E-state index contributed by atoms with van der Waals surface area (Å²) in [4.78, 5) is 43.5. The van der Waals surface area contributed by atoms with Crippen LogP contribution in [-0.4, -0.2) is 22.1 Å². The van der Waals surface area contributed by atoms with E-state index in [1.54, 1.807) is 39.0 Å². The Kier molecular flexibility index (Phi) is 9.27. The van der Waals surface area contributed by atoms with Crippen molar-refractivity contribution >= 4 is 71.7 Å². The minimum atomic E-state index is -0.963. The molecule has 0 fully saturated rings. The van der Waals surface area contributed by atoms with E-state index in [0.717, 1.165) is 21.9 Å². The van der Waals surface area contributed by atoms with Crippen LogP contribution in [0.15, 0.2) is 103 Å². The third-order valence-corrected chi connectivity index (χ3v) is 9.99. The number of esters is 1. The van der Waals surface area contributed by atoms with Crippen molar-refractivity contribution in [1.29, 1.82) is 0 Å². The molecule has 1 aromatic heterocycles. The van der Waals surface area contributed by atoms with Crippen LogP contribution in [0.2, 0.25) is 0 Å². The van der Waals surface area contributed by atoms with Crippen molar-refractivity contribution in [2.45, 2.75) is 33.4 Å². The minimum absolute atomic E-state index is 0.111. The number of aryl methyl sites for hydroxylation is 1. The van der Waals surface area contributed by atoms with E-state index in [2.05, 4.69) is 55.1 Å². The molecule has 12 heteroatoms. The second-order valence-corrected chi connectivity index (χ2v) is 13.6. The molecule has 0 spiro atoms. The summed E-state index contributed by atoms with van der Waals surface area (Å²) in [7, 11) is 0. The smallest absolute Gasteiger partial charge is 0.338 e. The summed E-state index contributed by atoms with van der Waals surface area (Å²) in [5.74, 6) is -0.0181. The number of benzene rings is 4. The lowest BCUT2D eigenvalue weighted by atomic mass is 9.94. The van der Waals surface area contributed by atoms with Crippen LogP contribution in [0.3, 0.4) is 0 Å². The van der Waals surface area contributed by atoms with Crippen LogP contribution in [0, 0.1) is 17.0 Å². The van der Waals surface area contributed by atoms with Gasteiger partial charge in [-0.25, -0.2) is 9.79 Å². The number of hydrogen-bond acceptors (Lipinski definition) is 8. The van der Waals surface area contributed by atoms with Crippen molar-refractivity contribution < 1.29 is 19.2 Å². The second-order valence-electron chi connectivity index (χ2n) is 10.8. The lowest BCUT2D eigenvalue weighted by Crippen LogP contribution is -2.40. The van der Waals surface area contributed by atoms with Crippen molar-refractivity contribution in [2.75, 3.05) is 6.61 Å². The largest absolute Gasteiger partial charge is 0.487 e. The molecule has 0 bridgehead atoms. The van der Waals surface area contributed by atoms with Gasteiger partial charge in [-0.2, -0.15) is 0 Å². The van der Waals surface area contributed by atoms with Gasteiger partial charge in [0.15, 0.2) is 4.80 Å². The van der Waals surface area contributed by atoms with Crippen LogP contribution in [0.4, 0.5) is 5.69 Å². The lowest BCUT2D eigenvalue weighted by molar-refractivity contribution is -0.385. The number of nitro groups is 1. The van der Waals surface area contributed by atoms with E-state index in [9.17, 15) is 19.7 Å². The molecule has 5 aromatic rings. The molecule has 2 heterocycles. The maximum absolute atomic E-state index is 14.0. The molecule has 6 rings (SSSR count). The average molecular weight is 777 g/mol. The number of hydrogen-bond donors (Lipinski definition) is 0. The summed E-state index contributed by atoms with van der Waals surface area (Å²) < 4.78 is 14.7. The Morgan fingerprint density at radius 1 is 1.06 bits per heavy atom. The monoisotopic (exact) mass is 775 g/mol. The molecule has 0 saturated carbocycles. The van der Waals surface area contributed by atoms with Gasteiger partial charge in [0.2, 0.25) is 0 Å². The molecular formula is C35H27Br2N3O6S. The summed E-state index contributed by atoms with van der Waals surface area (Å²) in [5, 5.41) is 14.1. The number of rotatable bonds is 8. The summed E-state index contributed by atoms with van der Waals surface area (Å²) in [6, 6.07) is 21.7. The van der Waals surface area contributed by atoms with E-state index in [1.807, 2.05) is 36.4 Å². The van der Waals surface area contributed by atoms with Gasteiger partial charge in [0.25, 0.3) is 11.2 Å². The highest BCUT2D eigenvalue weighted by molar-refractivity contribution is 9.11. The molecule has 1 aliphatic rings. The Labute approximate surface area is 289 Å². The van der Waals surface area contributed by atoms with Crippen LogP contribution >= 0.6 is 43.2 Å². The first-order chi connectivity index (χ1) is 22.6. The molecule has 0 saturated heterocycles. The maximum Gasteiger partial charge on any atom is 0.338 e. The van der Waals surface area contributed by atoms with Gasteiger partial charge in [-0.1, -0.05) is 65.9 Å². The van der Waals surface area contributed by atoms with Gasteiger partial charge in [-0.05, 0) is 98.3 Å². The van der Waals surface area contributed by atoms with Gasteiger partial charge in [0, 0.05) is 11.6 Å². The number of carbonyl (C=O) groups excluding carboxylic acids is 1. The number of fused-ring (bicyclic) bond motifs is 2. The van der Waals surface area contributed by atoms with E-state index in [4.69, 9.17) is 9.47 Å². The van der Waals surface area contributed by atoms with Crippen LogP contribution in [0.25, 0.3) is 16.8 Å². The molecule has 1 aliphatic heterocycles. The van der Waals surface area contributed by atoms with E-state index >= 15 is 0 Å². The summed E-state index contributed by atoms with van der Waals surface area (Å²) in [6.45, 7) is 5.47. The summed E-state index contributed by atoms with van der Waals surface area (Å²) in [5.41, 5.74) is 2.67. The molecule has 0 amide bonds. The fraction of sp³-hybridized carbons (Fsp3) is 0.171. The van der Waals surface area contributed by atoms with Crippen molar-refractivity contribution in [3.63, 3.8) is 0 Å². The molecule has 0 aliphatic carbocycles. The lowest BCUT2D eigenvalue weighted by Gasteiger charge is -2.24. The number of ether oxygens (including phenoxy) is 2. The van der Waals surface area contributed by atoms with E-state index in [-0.39, 0.29) is 23.4 Å². The van der Waals surface area contributed by atoms with Gasteiger partial charge in [0.1, 0.15) is 12.4 Å². The van der Waals surface area contributed by atoms with E-state index in [1.165, 1.54) is 22.0 Å². The molecule has 9 nitrogen and oxygen atoms in total. The van der Waals surface area contributed by atoms with Crippen molar-refractivity contribution in [2.24, 2.45) is 4.99 Å². The highest BCUT2D eigenvalue weighted by atomic mass is 79.9. The van der Waals surface area contributed by atoms with Crippen molar-refractivity contribution in [3.05, 3.63) is 145 Å². The molecule has 238 valence electrons. The first-order valence-corrected chi connectivity index (χ1v) is 17.0. The van der Waals surface area contributed by atoms with Gasteiger partial charge in [0.05, 0.1) is 42.3 Å². The SMILES string of the molecule is CCOC(=O)C1=C(C)N=c2s/c(=C/c3cc(Br)c(OCc4cccc5ccccc45)c(Br)c3)c(=O)n2[C@H]1c1ccc(C)c([N+](=O)[O-])c1. The van der Waals surface area contributed by atoms with Crippen molar-refractivity contribution in [3.8, 4) is 5.75 Å². The molecule has 0 unspecified atom stereocenters. The summed E-state index contributed by atoms with van der Waals surface area (Å²) >= 11 is 8.44. The molecule has 47 heavy (non-hydrogen) atoms. The maximum atomic E-state index is 14.0. The highest BCUT2D eigenvalue weighted by Gasteiger charge is 2.34. The third kappa shape index (κ3) is 6.32. The number of carbonyl (C=O) groups is 1. The van der Waals surface area contributed by atoms with Crippen LogP contribution in [0.5, 0.6) is 5.75 Å². The fourth-order valence-corrected chi connectivity index (χ4v) is 8.12. The van der Waals surface area contributed by atoms with Crippen LogP contribution in [0.1, 0.15) is 42.1 Å². The number of thiazole rings is 1. The third-order valence-electron chi connectivity index (χ3n) is 7.83. The summed E-state index contributed by atoms with van der Waals surface area (Å²) in [6.07, 6.45) is 1.74. The standard InChI is InChI=1S/C35H27Br2N3O6S/c1-4-45-34(42)30-20(3)38-35-39(31(30)23-13-12-19(2)28(17-23)40(43)44)33(41)29(47-35)16-21-14-26(36)32(27(37)15-21)46-18-24-10-7-9-22-8-5-6-11-25(22)24/h5-17,31H,4,18H2,1-3H3/b29-16+/t31-/m0/s1. The van der Waals surface area contributed by atoms with Gasteiger partial charge in [-0.15, -0.1) is 0 Å². The van der Waals surface area contributed by atoms with Crippen molar-refractivity contribution in [1.82, 2.24) is 4.57 Å². The first-order valence-electron chi connectivity index (χ1n) is 14.6. The molecule has 0 N–H and O–H groups in total. The normalized spacial score (nSPS) is 14.6. The first kappa shape index (κ1) is 32.5. The fourth-order valence-electron chi connectivity index (χ4n) is 5.62. The molecule has 1 atom stereocenters. The highest BCUT2D eigenvalue weighted by Crippen LogP contribution is 2.37. The van der Waals surface area contributed by atoms with Gasteiger partial charge < -0.3 is 9.47 Å². The Balaban J connectivity index is 1.40. The average Bonchev–Trinajstić information content (AvgIpc) is 3.33. The topological polar surface area (TPSA) is 113 Å². The van der Waals surface area contributed by atoms with E-state index in [0.29, 0.717) is 47.5 Å². The molecule has 0 radical (unpaired) electrons. The molecule has 4 aromatic carbocycles. The second kappa shape index (κ2) is 13.4. The minimum Gasteiger partial charge on any atom is -0.487 e. The van der Waals surface area contributed by atoms with E-state index < -0.39 is 16.9 Å². The Bertz CT molecular complexity index is 2280. The zero-order valence-corrected chi connectivity index (χ0v) is 29.4. The number of allylic oxidation sites excluding steroid dienone is 1. The number of halogens is 2. The predicted molar refractivity (Wildman–Crippen MR) is 188 cm³/mol. The van der Waals surface area contributed by atoms with Crippen LogP contribution < -0.4 is 19.6 Å². The Morgan fingerprint density at radius 2 is 1.79 bits per heavy atom. The quantitative estimate of drug-likeness (QED) is 0.0931. The van der Waals surface area contributed by atoms with Gasteiger partial charge >= 0.3 is 5.97 Å². The number of aromatic nitrogens is 1. The van der Waals surface area contributed by atoms with Crippen LogP contribution in [-0.2, 0) is 16.1 Å². The van der Waals surface area contributed by atoms with Gasteiger partial charge in [-0.3, -0.25) is 19.5 Å². The predicted octanol–water partition coefficient (Wildman–Crippen LogP) is 7.27. The Morgan fingerprint density at radius 3 is 2.51 bits per heavy atom. The zero-order chi connectivity index (χ0) is 33.4. The molecular weight excluding hydrogens is 750 g/mol. The zero-order valence-electron chi connectivity index (χ0n) is 25.5. The Hall–Kier alpha value is -4.39.